The van der Waals surface area contributed by atoms with Crippen LogP contribution < -0.4 is 5.56 Å². The van der Waals surface area contributed by atoms with Crippen LogP contribution in [0.15, 0.2) is 50.2 Å². The molecule has 1 aromatic carbocycles. The van der Waals surface area contributed by atoms with Crippen molar-refractivity contribution in [3.05, 3.63) is 57.8 Å². The highest BCUT2D eigenvalue weighted by atomic mass is 32.2. The SMILES string of the molecule is CC(C)Cc1noc(CSc2nc3scc(-c4ccccc4)c3c(=O)n2C)n1. The number of benzene rings is 1. The fourth-order valence-corrected chi connectivity index (χ4v) is 4.73. The minimum absolute atomic E-state index is 0.0429. The van der Waals surface area contributed by atoms with Gasteiger partial charge in [0.25, 0.3) is 5.56 Å². The monoisotopic (exact) mass is 412 g/mol. The Morgan fingerprint density at radius 2 is 2.00 bits per heavy atom. The topological polar surface area (TPSA) is 73.8 Å². The molecule has 0 saturated carbocycles. The van der Waals surface area contributed by atoms with Gasteiger partial charge in [-0.3, -0.25) is 9.36 Å². The van der Waals surface area contributed by atoms with Crippen molar-refractivity contribution in [2.24, 2.45) is 13.0 Å². The summed E-state index contributed by atoms with van der Waals surface area (Å²) in [7, 11) is 1.75. The number of nitrogens with zero attached hydrogens (tertiary/aromatic N) is 4. The van der Waals surface area contributed by atoms with Gasteiger partial charge in [-0.1, -0.05) is 61.1 Å². The molecule has 4 aromatic rings. The van der Waals surface area contributed by atoms with Gasteiger partial charge < -0.3 is 4.52 Å². The molecule has 0 spiro atoms. The Kier molecular flexibility index (Phi) is 5.32. The highest BCUT2D eigenvalue weighted by Crippen LogP contribution is 2.32. The molecular weight excluding hydrogens is 392 g/mol. The van der Waals surface area contributed by atoms with Gasteiger partial charge in [-0.15, -0.1) is 11.3 Å². The van der Waals surface area contributed by atoms with Crippen LogP contribution in [0.25, 0.3) is 21.3 Å². The second kappa shape index (κ2) is 7.89. The second-order valence-electron chi connectivity index (χ2n) is 6.95. The fourth-order valence-electron chi connectivity index (χ4n) is 2.94. The van der Waals surface area contributed by atoms with Crippen molar-refractivity contribution >= 4 is 33.3 Å². The van der Waals surface area contributed by atoms with E-state index in [0.29, 0.717) is 33.9 Å². The van der Waals surface area contributed by atoms with Crippen molar-refractivity contribution in [2.75, 3.05) is 0 Å². The molecule has 6 nitrogen and oxygen atoms in total. The Balaban J connectivity index is 1.61. The Bertz CT molecular complexity index is 1160. The maximum Gasteiger partial charge on any atom is 0.263 e. The molecule has 8 heteroatoms. The standard InChI is InChI=1S/C20H20N4O2S2/c1-12(2)9-15-21-16(26-23-15)11-28-20-22-18-17(19(25)24(20)3)14(10-27-18)13-7-5-4-6-8-13/h4-8,10,12H,9,11H2,1-3H3. The number of thiophene rings is 1. The van der Waals surface area contributed by atoms with Gasteiger partial charge in [0.2, 0.25) is 5.89 Å². The molecule has 0 bridgehead atoms. The highest BCUT2D eigenvalue weighted by Gasteiger charge is 2.16. The lowest BCUT2D eigenvalue weighted by molar-refractivity contribution is 0.382. The largest absolute Gasteiger partial charge is 0.338 e. The van der Waals surface area contributed by atoms with Crippen molar-refractivity contribution in [1.82, 2.24) is 19.7 Å². The molecule has 0 saturated heterocycles. The summed E-state index contributed by atoms with van der Waals surface area (Å²) in [6.07, 6.45) is 0.786. The summed E-state index contributed by atoms with van der Waals surface area (Å²) in [6.45, 7) is 4.23. The number of rotatable bonds is 6. The molecular formula is C20H20N4O2S2. The van der Waals surface area contributed by atoms with Crippen LogP contribution in [0, 0.1) is 5.92 Å². The molecule has 3 aromatic heterocycles. The van der Waals surface area contributed by atoms with Gasteiger partial charge in [0.15, 0.2) is 11.0 Å². The zero-order valence-electron chi connectivity index (χ0n) is 15.9. The van der Waals surface area contributed by atoms with E-state index in [9.17, 15) is 4.79 Å². The van der Waals surface area contributed by atoms with Crippen molar-refractivity contribution in [2.45, 2.75) is 31.2 Å². The maximum atomic E-state index is 13.0. The molecule has 0 N–H and O–H groups in total. The van der Waals surface area contributed by atoms with Gasteiger partial charge in [-0.2, -0.15) is 4.98 Å². The third-order valence-electron chi connectivity index (χ3n) is 4.28. The van der Waals surface area contributed by atoms with Crippen molar-refractivity contribution < 1.29 is 4.52 Å². The van der Waals surface area contributed by atoms with E-state index in [1.807, 2.05) is 35.7 Å². The van der Waals surface area contributed by atoms with Crippen molar-refractivity contribution in [3.8, 4) is 11.1 Å². The highest BCUT2D eigenvalue weighted by molar-refractivity contribution is 7.98. The summed E-state index contributed by atoms with van der Waals surface area (Å²) >= 11 is 2.92. The fraction of sp³-hybridized carbons (Fsp3) is 0.300. The molecule has 0 amide bonds. The van der Waals surface area contributed by atoms with E-state index in [1.165, 1.54) is 23.1 Å². The Morgan fingerprint density at radius 1 is 1.21 bits per heavy atom. The summed E-state index contributed by atoms with van der Waals surface area (Å²) in [4.78, 5) is 22.9. The molecule has 0 fully saturated rings. The minimum atomic E-state index is -0.0429. The Morgan fingerprint density at radius 3 is 2.75 bits per heavy atom. The first-order chi connectivity index (χ1) is 13.5. The van der Waals surface area contributed by atoms with Crippen LogP contribution in [0.3, 0.4) is 0 Å². The predicted molar refractivity (Wildman–Crippen MR) is 113 cm³/mol. The van der Waals surface area contributed by atoms with Gasteiger partial charge in [0, 0.05) is 24.4 Å². The summed E-state index contributed by atoms with van der Waals surface area (Å²) in [5.41, 5.74) is 1.91. The van der Waals surface area contributed by atoms with Crippen LogP contribution >= 0.6 is 23.1 Å². The molecule has 3 heterocycles. The Labute approximate surface area is 170 Å². The minimum Gasteiger partial charge on any atom is -0.338 e. The molecule has 0 unspecified atom stereocenters. The van der Waals surface area contributed by atoms with E-state index >= 15 is 0 Å². The lowest BCUT2D eigenvalue weighted by atomic mass is 10.1. The second-order valence-corrected chi connectivity index (χ2v) is 8.75. The molecule has 0 aliphatic heterocycles. The van der Waals surface area contributed by atoms with E-state index in [1.54, 1.807) is 11.6 Å². The molecule has 144 valence electrons. The van der Waals surface area contributed by atoms with Gasteiger partial charge in [0.05, 0.1) is 11.1 Å². The number of hydrogen-bond donors (Lipinski definition) is 0. The number of aromatic nitrogens is 4. The van der Waals surface area contributed by atoms with E-state index in [2.05, 4.69) is 24.0 Å². The van der Waals surface area contributed by atoms with E-state index < -0.39 is 0 Å². The number of thioether (sulfide) groups is 1. The smallest absolute Gasteiger partial charge is 0.263 e. The van der Waals surface area contributed by atoms with Crippen molar-refractivity contribution in [3.63, 3.8) is 0 Å². The quantitative estimate of drug-likeness (QED) is 0.342. The molecule has 0 aliphatic rings. The summed E-state index contributed by atoms with van der Waals surface area (Å²) in [6, 6.07) is 9.92. The average molecular weight is 413 g/mol. The van der Waals surface area contributed by atoms with Crippen LogP contribution in [-0.4, -0.2) is 19.7 Å². The van der Waals surface area contributed by atoms with Gasteiger partial charge >= 0.3 is 0 Å². The first-order valence-electron chi connectivity index (χ1n) is 9.01. The van der Waals surface area contributed by atoms with Crippen LogP contribution in [0.2, 0.25) is 0 Å². The molecule has 4 rings (SSSR count). The van der Waals surface area contributed by atoms with Crippen LogP contribution in [0.1, 0.15) is 25.6 Å². The number of hydrogen-bond acceptors (Lipinski definition) is 7. The lowest BCUT2D eigenvalue weighted by Crippen LogP contribution is -2.19. The van der Waals surface area contributed by atoms with Gasteiger partial charge in [0.1, 0.15) is 4.83 Å². The maximum absolute atomic E-state index is 13.0. The molecule has 0 atom stereocenters. The average Bonchev–Trinajstić information content (AvgIpc) is 3.30. The zero-order chi connectivity index (χ0) is 19.7. The molecule has 0 radical (unpaired) electrons. The van der Waals surface area contributed by atoms with Gasteiger partial charge in [-0.25, -0.2) is 4.98 Å². The summed E-state index contributed by atoms with van der Waals surface area (Å²) in [5, 5.41) is 7.32. The first kappa shape index (κ1) is 18.9. The van der Waals surface area contributed by atoms with Crippen LogP contribution in [0.4, 0.5) is 0 Å². The van der Waals surface area contributed by atoms with E-state index in [-0.39, 0.29) is 5.56 Å². The Hall–Kier alpha value is -2.45. The number of fused-ring (bicyclic) bond motifs is 1. The third-order valence-corrected chi connectivity index (χ3v) is 6.17. The van der Waals surface area contributed by atoms with E-state index in [4.69, 9.17) is 9.51 Å². The molecule has 0 aliphatic carbocycles. The van der Waals surface area contributed by atoms with Crippen LogP contribution in [-0.2, 0) is 19.2 Å². The lowest BCUT2D eigenvalue weighted by Gasteiger charge is -2.06. The summed E-state index contributed by atoms with van der Waals surface area (Å²) < 4.78 is 6.91. The zero-order valence-corrected chi connectivity index (χ0v) is 17.5. The first-order valence-corrected chi connectivity index (χ1v) is 10.9. The van der Waals surface area contributed by atoms with Crippen LogP contribution in [0.5, 0.6) is 0 Å². The summed E-state index contributed by atoms with van der Waals surface area (Å²) in [5.74, 6) is 2.22. The van der Waals surface area contributed by atoms with E-state index in [0.717, 1.165) is 22.4 Å². The third kappa shape index (κ3) is 3.74. The van der Waals surface area contributed by atoms with Gasteiger partial charge in [-0.05, 0) is 11.5 Å². The molecule has 28 heavy (non-hydrogen) atoms. The predicted octanol–water partition coefficient (Wildman–Crippen LogP) is 4.54. The normalized spacial score (nSPS) is 11.6. The van der Waals surface area contributed by atoms with Crippen molar-refractivity contribution in [1.29, 1.82) is 0 Å².